The standard InChI is InChI=1S/C26H30N2O3/c1-18(2)20-6-4-7-21(16-20)22-8-5-9-23(17-22)28-26(29)15-19-10-11-24(31-13-12-27)25(14-19)30-3/h4-11,14,16-18H,12-13,15,27H2,1-3H3,(H,28,29). The van der Waals surface area contributed by atoms with E-state index >= 15 is 0 Å². The highest BCUT2D eigenvalue weighted by molar-refractivity contribution is 5.93. The number of carbonyl (C=O) groups is 1. The van der Waals surface area contributed by atoms with E-state index < -0.39 is 0 Å². The van der Waals surface area contributed by atoms with Crippen LogP contribution < -0.4 is 20.5 Å². The molecule has 0 aliphatic rings. The van der Waals surface area contributed by atoms with Crippen molar-refractivity contribution in [1.29, 1.82) is 0 Å². The molecule has 0 saturated heterocycles. The SMILES string of the molecule is COc1cc(CC(=O)Nc2cccc(-c3cccc(C(C)C)c3)c2)ccc1OCCN. The average molecular weight is 419 g/mol. The minimum atomic E-state index is -0.0919. The Hall–Kier alpha value is -3.31. The molecule has 0 atom stereocenters. The summed E-state index contributed by atoms with van der Waals surface area (Å²) in [5.74, 6) is 1.58. The average Bonchev–Trinajstić information content (AvgIpc) is 2.78. The Labute approximate surface area is 184 Å². The van der Waals surface area contributed by atoms with E-state index in [0.29, 0.717) is 30.6 Å². The molecule has 31 heavy (non-hydrogen) atoms. The first-order valence-corrected chi connectivity index (χ1v) is 10.5. The molecule has 0 fully saturated rings. The molecule has 0 aliphatic carbocycles. The Bertz CT molecular complexity index is 1030. The molecule has 3 aromatic carbocycles. The van der Waals surface area contributed by atoms with Crippen LogP contribution in [0.2, 0.25) is 0 Å². The van der Waals surface area contributed by atoms with Gasteiger partial charge in [0.15, 0.2) is 11.5 Å². The number of nitrogens with one attached hydrogen (secondary N) is 1. The summed E-state index contributed by atoms with van der Waals surface area (Å²) in [4.78, 5) is 12.6. The number of methoxy groups -OCH3 is 1. The number of anilines is 1. The smallest absolute Gasteiger partial charge is 0.228 e. The van der Waals surface area contributed by atoms with Crippen molar-refractivity contribution in [3.8, 4) is 22.6 Å². The van der Waals surface area contributed by atoms with Crippen LogP contribution in [0.25, 0.3) is 11.1 Å². The van der Waals surface area contributed by atoms with Crippen LogP contribution in [0.5, 0.6) is 11.5 Å². The zero-order valence-corrected chi connectivity index (χ0v) is 18.4. The van der Waals surface area contributed by atoms with E-state index in [4.69, 9.17) is 15.2 Å². The number of hydrogen-bond acceptors (Lipinski definition) is 4. The first-order chi connectivity index (χ1) is 15.0. The number of nitrogens with two attached hydrogens (primary N) is 1. The van der Waals surface area contributed by atoms with Crippen molar-refractivity contribution >= 4 is 11.6 Å². The van der Waals surface area contributed by atoms with Gasteiger partial charge in [0.05, 0.1) is 13.5 Å². The molecule has 0 bridgehead atoms. The number of hydrogen-bond donors (Lipinski definition) is 2. The van der Waals surface area contributed by atoms with E-state index in [1.807, 2.05) is 30.3 Å². The van der Waals surface area contributed by atoms with Crippen LogP contribution in [0.3, 0.4) is 0 Å². The van der Waals surface area contributed by atoms with Crippen LogP contribution in [-0.4, -0.2) is 26.2 Å². The van der Waals surface area contributed by atoms with Gasteiger partial charge in [0.25, 0.3) is 0 Å². The second kappa shape index (κ2) is 10.6. The first-order valence-electron chi connectivity index (χ1n) is 10.5. The maximum Gasteiger partial charge on any atom is 0.228 e. The van der Waals surface area contributed by atoms with Crippen molar-refractivity contribution in [3.05, 3.63) is 77.9 Å². The molecule has 0 radical (unpaired) electrons. The maximum absolute atomic E-state index is 12.6. The molecule has 0 spiro atoms. The van der Waals surface area contributed by atoms with Gasteiger partial charge in [-0.25, -0.2) is 0 Å². The summed E-state index contributed by atoms with van der Waals surface area (Å²) in [5.41, 5.74) is 10.6. The van der Waals surface area contributed by atoms with Crippen LogP contribution in [0.1, 0.15) is 30.9 Å². The third-order valence-corrected chi connectivity index (χ3v) is 5.00. The summed E-state index contributed by atoms with van der Waals surface area (Å²) in [5, 5.41) is 3.00. The molecule has 0 aromatic heterocycles. The minimum Gasteiger partial charge on any atom is -0.493 e. The highest BCUT2D eigenvalue weighted by atomic mass is 16.5. The Morgan fingerprint density at radius 2 is 1.71 bits per heavy atom. The van der Waals surface area contributed by atoms with Gasteiger partial charge in [0.1, 0.15) is 6.61 Å². The molecular weight excluding hydrogens is 388 g/mol. The van der Waals surface area contributed by atoms with E-state index in [1.54, 1.807) is 13.2 Å². The lowest BCUT2D eigenvalue weighted by Gasteiger charge is -2.12. The van der Waals surface area contributed by atoms with E-state index in [-0.39, 0.29) is 12.3 Å². The molecule has 3 N–H and O–H groups in total. The number of amides is 1. The lowest BCUT2D eigenvalue weighted by atomic mass is 9.97. The van der Waals surface area contributed by atoms with E-state index in [2.05, 4.69) is 49.5 Å². The van der Waals surface area contributed by atoms with Gasteiger partial charge in [-0.05, 0) is 52.4 Å². The summed E-state index contributed by atoms with van der Waals surface area (Å²) < 4.78 is 10.9. The molecule has 5 heteroatoms. The topological polar surface area (TPSA) is 73.6 Å². The second-order valence-electron chi connectivity index (χ2n) is 7.71. The number of benzene rings is 3. The molecular formula is C26H30N2O3. The fraction of sp³-hybridized carbons (Fsp3) is 0.269. The molecule has 3 rings (SSSR count). The van der Waals surface area contributed by atoms with Gasteiger partial charge in [0.2, 0.25) is 5.91 Å². The Morgan fingerprint density at radius 3 is 2.42 bits per heavy atom. The van der Waals surface area contributed by atoms with Crippen molar-refractivity contribution in [2.45, 2.75) is 26.2 Å². The van der Waals surface area contributed by atoms with E-state index in [9.17, 15) is 4.79 Å². The quantitative estimate of drug-likeness (QED) is 0.513. The lowest BCUT2D eigenvalue weighted by Crippen LogP contribution is -2.14. The van der Waals surface area contributed by atoms with Crippen molar-refractivity contribution in [2.24, 2.45) is 5.73 Å². The molecule has 3 aromatic rings. The van der Waals surface area contributed by atoms with Gasteiger partial charge in [-0.1, -0.05) is 56.3 Å². The van der Waals surface area contributed by atoms with Crippen molar-refractivity contribution < 1.29 is 14.3 Å². The number of ether oxygens (including phenoxy) is 2. The molecule has 1 amide bonds. The zero-order chi connectivity index (χ0) is 22.2. The van der Waals surface area contributed by atoms with Gasteiger partial charge in [-0.3, -0.25) is 4.79 Å². The van der Waals surface area contributed by atoms with Gasteiger partial charge < -0.3 is 20.5 Å². The molecule has 0 unspecified atom stereocenters. The Kier molecular flexibility index (Phi) is 7.68. The highest BCUT2D eigenvalue weighted by Gasteiger charge is 2.10. The summed E-state index contributed by atoms with van der Waals surface area (Å²) in [6.45, 7) is 5.20. The van der Waals surface area contributed by atoms with Gasteiger partial charge in [0, 0.05) is 12.2 Å². The van der Waals surface area contributed by atoms with E-state index in [1.165, 1.54) is 5.56 Å². The second-order valence-corrected chi connectivity index (χ2v) is 7.71. The van der Waals surface area contributed by atoms with Gasteiger partial charge in [-0.2, -0.15) is 0 Å². The highest BCUT2D eigenvalue weighted by Crippen LogP contribution is 2.29. The summed E-state index contributed by atoms with van der Waals surface area (Å²) in [6, 6.07) is 21.9. The first kappa shape index (κ1) is 22.4. The third-order valence-electron chi connectivity index (χ3n) is 5.00. The fourth-order valence-electron chi connectivity index (χ4n) is 3.35. The molecule has 162 valence electrons. The number of carbonyl (C=O) groups excluding carboxylic acids is 1. The van der Waals surface area contributed by atoms with Gasteiger partial charge in [-0.15, -0.1) is 0 Å². The summed E-state index contributed by atoms with van der Waals surface area (Å²) in [7, 11) is 1.58. The predicted molar refractivity (Wildman–Crippen MR) is 126 cm³/mol. The van der Waals surface area contributed by atoms with Crippen molar-refractivity contribution in [2.75, 3.05) is 25.6 Å². The van der Waals surface area contributed by atoms with Crippen LogP contribution in [0.15, 0.2) is 66.7 Å². The fourth-order valence-corrected chi connectivity index (χ4v) is 3.35. The maximum atomic E-state index is 12.6. The van der Waals surface area contributed by atoms with Crippen molar-refractivity contribution in [3.63, 3.8) is 0 Å². The molecule has 0 heterocycles. The summed E-state index contributed by atoms with van der Waals surface area (Å²) >= 11 is 0. The zero-order valence-electron chi connectivity index (χ0n) is 18.4. The van der Waals surface area contributed by atoms with Crippen LogP contribution in [-0.2, 0) is 11.2 Å². The normalized spacial score (nSPS) is 10.7. The largest absolute Gasteiger partial charge is 0.493 e. The predicted octanol–water partition coefficient (Wildman–Crippen LogP) is 5.00. The van der Waals surface area contributed by atoms with E-state index in [0.717, 1.165) is 22.4 Å². The minimum absolute atomic E-state index is 0.0919. The Balaban J connectivity index is 1.70. The third kappa shape index (κ3) is 6.09. The van der Waals surface area contributed by atoms with Gasteiger partial charge >= 0.3 is 0 Å². The molecule has 0 saturated carbocycles. The monoisotopic (exact) mass is 418 g/mol. The van der Waals surface area contributed by atoms with Crippen LogP contribution >= 0.6 is 0 Å². The van der Waals surface area contributed by atoms with Crippen molar-refractivity contribution in [1.82, 2.24) is 0 Å². The number of rotatable bonds is 9. The molecule has 0 aliphatic heterocycles. The van der Waals surface area contributed by atoms with Crippen LogP contribution in [0.4, 0.5) is 5.69 Å². The molecule has 5 nitrogen and oxygen atoms in total. The summed E-state index contributed by atoms with van der Waals surface area (Å²) in [6.07, 6.45) is 0.237. The van der Waals surface area contributed by atoms with Crippen LogP contribution in [0, 0.1) is 0 Å². The Morgan fingerprint density at radius 1 is 0.968 bits per heavy atom. The lowest BCUT2D eigenvalue weighted by molar-refractivity contribution is -0.115.